The minimum Gasteiger partial charge on any atom is -0.478 e. The van der Waals surface area contributed by atoms with Gasteiger partial charge in [0.05, 0.1) is 10.5 Å². The van der Waals surface area contributed by atoms with E-state index in [0.717, 1.165) is 0 Å². The third-order valence-electron chi connectivity index (χ3n) is 3.70. The average molecular weight is 422 g/mol. The molecule has 0 aromatic heterocycles. The molecule has 3 rings (SSSR count). The van der Waals surface area contributed by atoms with Gasteiger partial charge in [-0.2, -0.15) is 0 Å². The maximum atomic E-state index is 12.7. The van der Waals surface area contributed by atoms with Crippen LogP contribution in [0, 0.1) is 0 Å². The van der Waals surface area contributed by atoms with Gasteiger partial charge in [-0.3, -0.25) is 4.72 Å². The Labute approximate surface area is 166 Å². The molecule has 0 heterocycles. The number of anilines is 1. The van der Waals surface area contributed by atoms with Crippen LogP contribution in [-0.4, -0.2) is 19.5 Å². The Kier molecular flexibility index (Phi) is 5.41. The summed E-state index contributed by atoms with van der Waals surface area (Å²) in [5.74, 6) is -1.14. The number of carbonyl (C=O) groups is 1. The zero-order chi connectivity index (χ0) is 19.6. The summed E-state index contributed by atoms with van der Waals surface area (Å²) in [4.78, 5) is 11.1. The first kappa shape index (κ1) is 19.2. The van der Waals surface area contributed by atoms with Crippen LogP contribution < -0.4 is 4.72 Å². The van der Waals surface area contributed by atoms with Crippen LogP contribution >= 0.6 is 23.2 Å². The molecule has 3 aromatic carbocycles. The van der Waals surface area contributed by atoms with Gasteiger partial charge in [0.25, 0.3) is 10.0 Å². The summed E-state index contributed by atoms with van der Waals surface area (Å²) in [5, 5.41) is 9.91. The molecule has 138 valence electrons. The van der Waals surface area contributed by atoms with E-state index in [1.54, 1.807) is 30.3 Å². The fraction of sp³-hybridized carbons (Fsp3) is 0. The molecule has 27 heavy (non-hydrogen) atoms. The van der Waals surface area contributed by atoms with Crippen molar-refractivity contribution in [3.63, 3.8) is 0 Å². The van der Waals surface area contributed by atoms with E-state index in [1.165, 1.54) is 36.4 Å². The molecule has 0 unspecified atom stereocenters. The highest BCUT2D eigenvalue weighted by molar-refractivity contribution is 7.92. The zero-order valence-corrected chi connectivity index (χ0v) is 16.0. The smallest absolute Gasteiger partial charge is 0.335 e. The predicted molar refractivity (Wildman–Crippen MR) is 106 cm³/mol. The minimum absolute atomic E-state index is 0.0162. The largest absolute Gasteiger partial charge is 0.478 e. The maximum Gasteiger partial charge on any atom is 0.335 e. The fourth-order valence-corrected chi connectivity index (χ4v) is 4.11. The van der Waals surface area contributed by atoms with Gasteiger partial charge in [0.15, 0.2) is 0 Å². The van der Waals surface area contributed by atoms with Gasteiger partial charge in [0, 0.05) is 15.7 Å². The summed E-state index contributed by atoms with van der Waals surface area (Å²) in [6.45, 7) is 0. The molecule has 0 fully saturated rings. The topological polar surface area (TPSA) is 83.5 Å². The highest BCUT2D eigenvalue weighted by Crippen LogP contribution is 2.29. The molecule has 0 saturated carbocycles. The van der Waals surface area contributed by atoms with Crippen molar-refractivity contribution < 1.29 is 18.3 Å². The molecule has 0 aliphatic heterocycles. The Hall–Kier alpha value is -2.54. The van der Waals surface area contributed by atoms with Crippen LogP contribution in [0.5, 0.6) is 0 Å². The summed E-state index contributed by atoms with van der Waals surface area (Å²) in [5.41, 5.74) is 1.45. The average Bonchev–Trinajstić information content (AvgIpc) is 2.61. The predicted octanol–water partition coefficient (Wildman–Crippen LogP) is 5.16. The Morgan fingerprint density at radius 3 is 2.19 bits per heavy atom. The summed E-state index contributed by atoms with van der Waals surface area (Å²) in [7, 11) is -3.92. The van der Waals surface area contributed by atoms with E-state index in [-0.39, 0.29) is 16.1 Å². The van der Waals surface area contributed by atoms with Crippen molar-refractivity contribution in [1.29, 1.82) is 0 Å². The Bertz CT molecular complexity index is 1110. The SMILES string of the molecule is O=C(O)c1cccc(NS(=O)(=O)c2cccc(-c3cc(Cl)cc(Cl)c3)c2)c1. The zero-order valence-electron chi connectivity index (χ0n) is 13.7. The number of hydrogen-bond donors (Lipinski definition) is 2. The van der Waals surface area contributed by atoms with Crippen LogP contribution in [0.4, 0.5) is 5.69 Å². The van der Waals surface area contributed by atoms with E-state index < -0.39 is 16.0 Å². The molecule has 0 aliphatic carbocycles. The quantitative estimate of drug-likeness (QED) is 0.595. The van der Waals surface area contributed by atoms with Crippen LogP contribution in [-0.2, 0) is 10.0 Å². The standard InChI is InChI=1S/C19H13Cl2NO4S/c20-15-7-14(8-16(21)11-15)12-3-2-6-18(10-12)27(25,26)22-17-5-1-4-13(9-17)19(23)24/h1-11,22H,(H,23,24). The number of carboxylic acids is 1. The van der Waals surface area contributed by atoms with E-state index in [1.807, 2.05) is 0 Å². The van der Waals surface area contributed by atoms with Crippen LogP contribution in [0.15, 0.2) is 71.6 Å². The molecule has 0 spiro atoms. The van der Waals surface area contributed by atoms with Crippen molar-refractivity contribution in [2.75, 3.05) is 4.72 Å². The van der Waals surface area contributed by atoms with Gasteiger partial charge in [-0.05, 0) is 59.7 Å². The first-order chi connectivity index (χ1) is 12.7. The van der Waals surface area contributed by atoms with E-state index in [2.05, 4.69) is 4.72 Å². The molecule has 2 N–H and O–H groups in total. The maximum absolute atomic E-state index is 12.7. The molecule has 5 nitrogen and oxygen atoms in total. The molecule has 0 atom stereocenters. The van der Waals surface area contributed by atoms with Crippen LogP contribution in [0.1, 0.15) is 10.4 Å². The second kappa shape index (κ2) is 7.60. The second-order valence-corrected chi connectivity index (χ2v) is 8.23. The number of aromatic carboxylic acids is 1. The molecule has 8 heteroatoms. The van der Waals surface area contributed by atoms with E-state index in [0.29, 0.717) is 21.2 Å². The van der Waals surface area contributed by atoms with Crippen molar-refractivity contribution in [3.05, 3.63) is 82.3 Å². The summed E-state index contributed by atoms with van der Waals surface area (Å²) < 4.78 is 27.8. The van der Waals surface area contributed by atoms with Crippen LogP contribution in [0.3, 0.4) is 0 Å². The van der Waals surface area contributed by atoms with Crippen molar-refractivity contribution in [3.8, 4) is 11.1 Å². The monoisotopic (exact) mass is 421 g/mol. The lowest BCUT2D eigenvalue weighted by Gasteiger charge is -2.10. The lowest BCUT2D eigenvalue weighted by Crippen LogP contribution is -2.13. The van der Waals surface area contributed by atoms with Crippen LogP contribution in [0.25, 0.3) is 11.1 Å². The number of benzene rings is 3. The highest BCUT2D eigenvalue weighted by atomic mass is 35.5. The molecule has 0 aliphatic rings. The molecule has 0 amide bonds. The Morgan fingerprint density at radius 1 is 0.852 bits per heavy atom. The first-order valence-electron chi connectivity index (χ1n) is 7.67. The highest BCUT2D eigenvalue weighted by Gasteiger charge is 2.16. The van der Waals surface area contributed by atoms with Gasteiger partial charge < -0.3 is 5.11 Å². The number of carboxylic acid groups (broad SMARTS) is 1. The van der Waals surface area contributed by atoms with Crippen molar-refractivity contribution in [2.24, 2.45) is 0 Å². The van der Waals surface area contributed by atoms with Gasteiger partial charge in [-0.15, -0.1) is 0 Å². The van der Waals surface area contributed by atoms with Gasteiger partial charge in [0.2, 0.25) is 0 Å². The molecular formula is C19H13Cl2NO4S. The Morgan fingerprint density at radius 2 is 1.52 bits per heavy atom. The van der Waals surface area contributed by atoms with Crippen molar-refractivity contribution in [1.82, 2.24) is 0 Å². The molecular weight excluding hydrogens is 409 g/mol. The van der Waals surface area contributed by atoms with Crippen LogP contribution in [0.2, 0.25) is 10.0 Å². The van der Waals surface area contributed by atoms with Gasteiger partial charge in [0.1, 0.15) is 0 Å². The molecule has 0 bridgehead atoms. The van der Waals surface area contributed by atoms with E-state index >= 15 is 0 Å². The first-order valence-corrected chi connectivity index (χ1v) is 9.91. The minimum atomic E-state index is -3.92. The second-order valence-electron chi connectivity index (χ2n) is 5.68. The molecule has 0 radical (unpaired) electrons. The van der Waals surface area contributed by atoms with Crippen molar-refractivity contribution in [2.45, 2.75) is 4.90 Å². The van der Waals surface area contributed by atoms with E-state index in [4.69, 9.17) is 28.3 Å². The summed E-state index contributed by atoms with van der Waals surface area (Å²) in [6.07, 6.45) is 0. The van der Waals surface area contributed by atoms with Gasteiger partial charge in [-0.25, -0.2) is 13.2 Å². The lowest BCUT2D eigenvalue weighted by molar-refractivity contribution is 0.0697. The lowest BCUT2D eigenvalue weighted by atomic mass is 10.1. The number of sulfonamides is 1. The summed E-state index contributed by atoms with van der Waals surface area (Å²) in [6, 6.07) is 16.8. The van der Waals surface area contributed by atoms with Crippen molar-refractivity contribution >= 4 is 44.9 Å². The number of hydrogen-bond acceptors (Lipinski definition) is 3. The van der Waals surface area contributed by atoms with Gasteiger partial charge >= 0.3 is 5.97 Å². The number of nitrogens with one attached hydrogen (secondary N) is 1. The summed E-state index contributed by atoms with van der Waals surface area (Å²) >= 11 is 12.0. The third kappa shape index (κ3) is 4.60. The fourth-order valence-electron chi connectivity index (χ4n) is 2.49. The third-order valence-corrected chi connectivity index (χ3v) is 5.52. The normalized spacial score (nSPS) is 11.2. The Balaban J connectivity index is 1.96. The molecule has 0 saturated heterocycles. The molecule has 3 aromatic rings. The van der Waals surface area contributed by atoms with E-state index in [9.17, 15) is 13.2 Å². The number of rotatable bonds is 5. The van der Waals surface area contributed by atoms with Gasteiger partial charge in [-0.1, -0.05) is 41.4 Å². The number of halogens is 2.